The van der Waals surface area contributed by atoms with E-state index in [9.17, 15) is 0 Å². The molecule has 0 aliphatic heterocycles. The van der Waals surface area contributed by atoms with Crippen molar-refractivity contribution in [3.8, 4) is 0 Å². The topological polar surface area (TPSA) is 54.2 Å². The summed E-state index contributed by atoms with van der Waals surface area (Å²) >= 11 is 0. The Bertz CT molecular complexity index is 621. The van der Waals surface area contributed by atoms with Crippen LogP contribution in [0.3, 0.4) is 0 Å². The molecule has 23 heavy (non-hydrogen) atoms. The molecule has 1 aromatic heterocycles. The van der Waals surface area contributed by atoms with E-state index in [1.165, 1.54) is 11.1 Å². The number of hydrogen-bond donors (Lipinski definition) is 2. The van der Waals surface area contributed by atoms with E-state index >= 15 is 0 Å². The van der Waals surface area contributed by atoms with Crippen LogP contribution in [-0.2, 0) is 26.6 Å². The zero-order valence-corrected chi connectivity index (χ0v) is 16.4. The third-order valence-electron chi connectivity index (χ3n) is 3.61. The van der Waals surface area contributed by atoms with Gasteiger partial charge in [0.1, 0.15) is 0 Å². The van der Waals surface area contributed by atoms with Gasteiger partial charge in [0.2, 0.25) is 0 Å². The lowest BCUT2D eigenvalue weighted by molar-refractivity contribution is 0.684. The molecule has 0 saturated carbocycles. The standard InChI is InChI=1S/C17H25N5.HI/c1-4-14-8-6-7-9-15(14)12-19-17(18-5-2)20-13-16-10-11-21-22(16)3;/h6-11H,4-5,12-13H2,1-3H3,(H2,18,19,20);1H. The molecule has 0 spiro atoms. The molecule has 5 nitrogen and oxygen atoms in total. The van der Waals surface area contributed by atoms with Crippen LogP contribution in [-0.4, -0.2) is 22.3 Å². The molecule has 1 aromatic carbocycles. The molecule has 0 atom stereocenters. The van der Waals surface area contributed by atoms with Crippen molar-refractivity contribution in [2.45, 2.75) is 33.4 Å². The molecule has 0 bridgehead atoms. The molecule has 2 aromatic rings. The largest absolute Gasteiger partial charge is 0.357 e. The van der Waals surface area contributed by atoms with Crippen LogP contribution < -0.4 is 10.6 Å². The van der Waals surface area contributed by atoms with Crippen molar-refractivity contribution in [3.05, 3.63) is 53.3 Å². The summed E-state index contributed by atoms with van der Waals surface area (Å²) in [5.41, 5.74) is 3.76. The number of rotatable bonds is 6. The number of aryl methyl sites for hydroxylation is 2. The number of halogens is 1. The summed E-state index contributed by atoms with van der Waals surface area (Å²) in [5, 5.41) is 10.8. The number of hydrogen-bond acceptors (Lipinski definition) is 2. The third-order valence-corrected chi connectivity index (χ3v) is 3.61. The van der Waals surface area contributed by atoms with Crippen molar-refractivity contribution < 1.29 is 0 Å². The molecular weight excluding hydrogens is 401 g/mol. The summed E-state index contributed by atoms with van der Waals surface area (Å²) in [5.74, 6) is 0.828. The van der Waals surface area contributed by atoms with Crippen molar-refractivity contribution in [2.75, 3.05) is 6.54 Å². The SMILES string of the molecule is CCNC(=NCc1ccccc1CC)NCc1ccnn1C.I. The molecule has 1 heterocycles. The third kappa shape index (κ3) is 5.85. The lowest BCUT2D eigenvalue weighted by Crippen LogP contribution is -2.37. The highest BCUT2D eigenvalue weighted by Gasteiger charge is 2.03. The Morgan fingerprint density at radius 2 is 1.87 bits per heavy atom. The van der Waals surface area contributed by atoms with Gasteiger partial charge in [0.05, 0.1) is 18.8 Å². The van der Waals surface area contributed by atoms with E-state index in [0.29, 0.717) is 13.1 Å². The van der Waals surface area contributed by atoms with Crippen LogP contribution in [0.15, 0.2) is 41.5 Å². The van der Waals surface area contributed by atoms with Gasteiger partial charge in [0.25, 0.3) is 0 Å². The first kappa shape index (κ1) is 19.5. The van der Waals surface area contributed by atoms with Gasteiger partial charge in [0, 0.05) is 19.8 Å². The van der Waals surface area contributed by atoms with Crippen LogP contribution in [0.25, 0.3) is 0 Å². The maximum Gasteiger partial charge on any atom is 0.191 e. The van der Waals surface area contributed by atoms with Gasteiger partial charge in [-0.2, -0.15) is 5.10 Å². The highest BCUT2D eigenvalue weighted by molar-refractivity contribution is 14.0. The lowest BCUT2D eigenvalue weighted by atomic mass is 10.1. The van der Waals surface area contributed by atoms with Gasteiger partial charge in [-0.1, -0.05) is 31.2 Å². The number of aromatic nitrogens is 2. The van der Waals surface area contributed by atoms with E-state index in [-0.39, 0.29) is 24.0 Å². The zero-order chi connectivity index (χ0) is 15.8. The lowest BCUT2D eigenvalue weighted by Gasteiger charge is -2.12. The molecule has 0 radical (unpaired) electrons. The van der Waals surface area contributed by atoms with Gasteiger partial charge in [-0.3, -0.25) is 4.68 Å². The Kier molecular flexibility index (Phi) is 8.68. The number of nitrogens with one attached hydrogen (secondary N) is 2. The van der Waals surface area contributed by atoms with Gasteiger partial charge in [-0.05, 0) is 30.5 Å². The minimum absolute atomic E-state index is 0. The van der Waals surface area contributed by atoms with Crippen LogP contribution in [0.1, 0.15) is 30.7 Å². The predicted molar refractivity (Wildman–Crippen MR) is 106 cm³/mol. The average Bonchev–Trinajstić information content (AvgIpc) is 2.95. The highest BCUT2D eigenvalue weighted by atomic mass is 127. The highest BCUT2D eigenvalue weighted by Crippen LogP contribution is 2.10. The van der Waals surface area contributed by atoms with Crippen molar-refractivity contribution in [1.82, 2.24) is 20.4 Å². The van der Waals surface area contributed by atoms with E-state index in [0.717, 1.165) is 24.6 Å². The van der Waals surface area contributed by atoms with E-state index in [4.69, 9.17) is 0 Å². The maximum atomic E-state index is 4.69. The van der Waals surface area contributed by atoms with Crippen molar-refractivity contribution in [1.29, 1.82) is 0 Å². The van der Waals surface area contributed by atoms with E-state index in [1.54, 1.807) is 6.20 Å². The molecule has 0 saturated heterocycles. The quantitative estimate of drug-likeness (QED) is 0.424. The normalized spacial score (nSPS) is 11.0. The van der Waals surface area contributed by atoms with Crippen molar-refractivity contribution in [2.24, 2.45) is 12.0 Å². The van der Waals surface area contributed by atoms with Crippen molar-refractivity contribution in [3.63, 3.8) is 0 Å². The Balaban J connectivity index is 0.00000264. The molecule has 0 fully saturated rings. The summed E-state index contributed by atoms with van der Waals surface area (Å²) in [6.45, 7) is 6.48. The fourth-order valence-corrected chi connectivity index (χ4v) is 2.31. The molecule has 126 valence electrons. The monoisotopic (exact) mass is 427 g/mol. The van der Waals surface area contributed by atoms with Gasteiger partial charge in [-0.15, -0.1) is 24.0 Å². The Labute approximate surface area is 155 Å². The van der Waals surface area contributed by atoms with Crippen LogP contribution >= 0.6 is 24.0 Å². The predicted octanol–water partition coefficient (Wildman–Crippen LogP) is 2.86. The van der Waals surface area contributed by atoms with Crippen LogP contribution in [0, 0.1) is 0 Å². The maximum absolute atomic E-state index is 4.69. The second-order valence-electron chi connectivity index (χ2n) is 5.12. The molecule has 2 N–H and O–H groups in total. The van der Waals surface area contributed by atoms with E-state index < -0.39 is 0 Å². The summed E-state index contributed by atoms with van der Waals surface area (Å²) < 4.78 is 1.86. The van der Waals surface area contributed by atoms with E-state index in [1.807, 2.05) is 17.8 Å². The minimum Gasteiger partial charge on any atom is -0.357 e. The summed E-state index contributed by atoms with van der Waals surface area (Å²) in [6.07, 6.45) is 2.84. The Hall–Kier alpha value is -1.57. The number of benzene rings is 1. The fraction of sp³-hybridized carbons (Fsp3) is 0.412. The molecule has 0 amide bonds. The van der Waals surface area contributed by atoms with Gasteiger partial charge < -0.3 is 10.6 Å². The Morgan fingerprint density at radius 3 is 2.48 bits per heavy atom. The van der Waals surface area contributed by atoms with E-state index in [2.05, 4.69) is 58.8 Å². The molecule has 2 rings (SSSR count). The van der Waals surface area contributed by atoms with Crippen LogP contribution in [0.5, 0.6) is 0 Å². The number of guanidine groups is 1. The first-order valence-corrected chi connectivity index (χ1v) is 7.80. The summed E-state index contributed by atoms with van der Waals surface area (Å²) in [4.78, 5) is 4.69. The van der Waals surface area contributed by atoms with Crippen molar-refractivity contribution >= 4 is 29.9 Å². The Morgan fingerprint density at radius 1 is 1.13 bits per heavy atom. The zero-order valence-electron chi connectivity index (χ0n) is 14.0. The molecule has 0 aliphatic rings. The minimum atomic E-state index is 0. The van der Waals surface area contributed by atoms with Crippen LogP contribution in [0.4, 0.5) is 0 Å². The van der Waals surface area contributed by atoms with Gasteiger partial charge in [-0.25, -0.2) is 4.99 Å². The molecular formula is C17H26IN5. The van der Waals surface area contributed by atoms with Crippen LogP contribution in [0.2, 0.25) is 0 Å². The molecule has 6 heteroatoms. The second-order valence-corrected chi connectivity index (χ2v) is 5.12. The molecule has 0 unspecified atom stereocenters. The number of nitrogens with zero attached hydrogens (tertiary/aromatic N) is 3. The number of aliphatic imine (C=N–C) groups is 1. The molecule has 0 aliphatic carbocycles. The fourth-order valence-electron chi connectivity index (χ4n) is 2.31. The average molecular weight is 427 g/mol. The van der Waals surface area contributed by atoms with Gasteiger partial charge >= 0.3 is 0 Å². The first-order chi connectivity index (χ1) is 10.7. The smallest absolute Gasteiger partial charge is 0.191 e. The first-order valence-electron chi connectivity index (χ1n) is 7.80. The van der Waals surface area contributed by atoms with Gasteiger partial charge in [0.15, 0.2) is 5.96 Å². The second kappa shape index (κ2) is 10.3. The summed E-state index contributed by atoms with van der Waals surface area (Å²) in [7, 11) is 1.94. The summed E-state index contributed by atoms with van der Waals surface area (Å²) in [6, 6.07) is 10.5.